The first-order valence-corrected chi connectivity index (χ1v) is 6.29. The molecule has 0 aromatic carbocycles. The zero-order valence-electron chi connectivity index (χ0n) is 9.87. The second kappa shape index (κ2) is 5.95. The molecule has 1 aromatic heterocycles. The van der Waals surface area contributed by atoms with Crippen LogP contribution >= 0.6 is 11.8 Å². The first-order chi connectivity index (χ1) is 7.19. The third-order valence-corrected chi connectivity index (χ3v) is 3.64. The molecule has 0 aliphatic carbocycles. The Morgan fingerprint density at radius 3 is 2.73 bits per heavy atom. The Kier molecular flexibility index (Phi) is 4.88. The molecule has 0 saturated heterocycles. The zero-order chi connectivity index (χ0) is 11.3. The third-order valence-electron chi connectivity index (χ3n) is 2.27. The maximum Gasteiger partial charge on any atom is 0.133 e. The van der Waals surface area contributed by atoms with Gasteiger partial charge >= 0.3 is 0 Å². The summed E-state index contributed by atoms with van der Waals surface area (Å²) >= 11 is 1.82. The van der Waals surface area contributed by atoms with Crippen LogP contribution in [0.1, 0.15) is 32.8 Å². The summed E-state index contributed by atoms with van der Waals surface area (Å²) in [5.74, 6) is 0.957. The first-order valence-electron chi connectivity index (χ1n) is 5.41. The van der Waals surface area contributed by atoms with E-state index >= 15 is 0 Å². The summed E-state index contributed by atoms with van der Waals surface area (Å²) in [4.78, 5) is 8.55. The minimum Gasteiger partial charge on any atom is -0.370 e. The SMILES string of the molecule is CCNc1ncnc(SC(C)CC)c1C. The van der Waals surface area contributed by atoms with Crippen molar-refractivity contribution in [2.45, 2.75) is 44.4 Å². The van der Waals surface area contributed by atoms with Crippen molar-refractivity contribution in [1.29, 1.82) is 0 Å². The van der Waals surface area contributed by atoms with E-state index in [9.17, 15) is 0 Å². The number of thioether (sulfide) groups is 1. The maximum absolute atomic E-state index is 4.32. The lowest BCUT2D eigenvalue weighted by molar-refractivity contribution is 0.894. The van der Waals surface area contributed by atoms with E-state index in [2.05, 4.69) is 43.0 Å². The molecule has 0 spiro atoms. The van der Waals surface area contributed by atoms with Crippen LogP contribution in [0.4, 0.5) is 5.82 Å². The topological polar surface area (TPSA) is 37.8 Å². The molecule has 1 aromatic rings. The van der Waals surface area contributed by atoms with Gasteiger partial charge in [-0.05, 0) is 20.3 Å². The fourth-order valence-corrected chi connectivity index (χ4v) is 2.10. The van der Waals surface area contributed by atoms with Crippen LogP contribution in [0.25, 0.3) is 0 Å². The average Bonchev–Trinajstić information content (AvgIpc) is 2.24. The van der Waals surface area contributed by atoms with Crippen molar-refractivity contribution >= 4 is 17.6 Å². The summed E-state index contributed by atoms with van der Waals surface area (Å²) in [6.07, 6.45) is 2.79. The molecule has 1 N–H and O–H groups in total. The summed E-state index contributed by atoms with van der Waals surface area (Å²) in [6, 6.07) is 0. The molecule has 1 unspecified atom stereocenters. The van der Waals surface area contributed by atoms with Gasteiger partial charge in [-0.15, -0.1) is 11.8 Å². The normalized spacial score (nSPS) is 12.5. The largest absolute Gasteiger partial charge is 0.370 e. The summed E-state index contributed by atoms with van der Waals surface area (Å²) in [6.45, 7) is 9.45. The van der Waals surface area contributed by atoms with Crippen molar-refractivity contribution in [2.75, 3.05) is 11.9 Å². The van der Waals surface area contributed by atoms with Crippen molar-refractivity contribution in [3.63, 3.8) is 0 Å². The van der Waals surface area contributed by atoms with Crippen LogP contribution < -0.4 is 5.32 Å². The van der Waals surface area contributed by atoms with Gasteiger partial charge < -0.3 is 5.32 Å². The van der Waals surface area contributed by atoms with Gasteiger partial charge in [-0.1, -0.05) is 13.8 Å². The highest BCUT2D eigenvalue weighted by Crippen LogP contribution is 2.28. The number of hydrogen-bond acceptors (Lipinski definition) is 4. The molecule has 0 aliphatic rings. The monoisotopic (exact) mass is 225 g/mol. The summed E-state index contributed by atoms with van der Waals surface area (Å²) in [5, 5.41) is 4.94. The fourth-order valence-electron chi connectivity index (χ4n) is 1.17. The van der Waals surface area contributed by atoms with Crippen molar-refractivity contribution in [2.24, 2.45) is 0 Å². The third kappa shape index (κ3) is 3.38. The molecule has 0 fully saturated rings. The van der Waals surface area contributed by atoms with Gasteiger partial charge in [0, 0.05) is 17.4 Å². The van der Waals surface area contributed by atoms with Crippen LogP contribution in [0.15, 0.2) is 11.4 Å². The molecule has 0 bridgehead atoms. The van der Waals surface area contributed by atoms with E-state index in [-0.39, 0.29) is 0 Å². The predicted octanol–water partition coefficient (Wildman–Crippen LogP) is 3.11. The Hall–Kier alpha value is -0.770. The Balaban J connectivity index is 2.84. The summed E-state index contributed by atoms with van der Waals surface area (Å²) < 4.78 is 0. The Bertz CT molecular complexity index is 315. The predicted molar refractivity (Wildman–Crippen MR) is 66.5 cm³/mol. The van der Waals surface area contributed by atoms with Crippen molar-refractivity contribution in [3.8, 4) is 0 Å². The fraction of sp³-hybridized carbons (Fsp3) is 0.636. The van der Waals surface area contributed by atoms with Crippen LogP contribution in [0, 0.1) is 6.92 Å². The molecule has 1 rings (SSSR count). The van der Waals surface area contributed by atoms with E-state index in [0.717, 1.165) is 29.4 Å². The molecular weight excluding hydrogens is 206 g/mol. The highest BCUT2D eigenvalue weighted by atomic mass is 32.2. The maximum atomic E-state index is 4.32. The molecular formula is C11H19N3S. The van der Waals surface area contributed by atoms with Crippen molar-refractivity contribution in [1.82, 2.24) is 9.97 Å². The first kappa shape index (κ1) is 12.3. The second-order valence-corrected chi connectivity index (χ2v) is 4.95. The van der Waals surface area contributed by atoms with E-state index in [0.29, 0.717) is 5.25 Å². The second-order valence-electron chi connectivity index (χ2n) is 3.52. The number of rotatable bonds is 5. The molecule has 1 heterocycles. The van der Waals surface area contributed by atoms with Crippen molar-refractivity contribution < 1.29 is 0 Å². The Morgan fingerprint density at radius 1 is 1.40 bits per heavy atom. The average molecular weight is 225 g/mol. The van der Waals surface area contributed by atoms with Gasteiger partial charge in [-0.2, -0.15) is 0 Å². The molecule has 4 heteroatoms. The highest BCUT2D eigenvalue weighted by Gasteiger charge is 2.09. The standard InChI is InChI=1S/C11H19N3S/c1-5-8(3)15-11-9(4)10(12-6-2)13-7-14-11/h7-8H,5-6H2,1-4H3,(H,12,13,14). The number of nitrogens with zero attached hydrogens (tertiary/aromatic N) is 2. The van der Waals surface area contributed by atoms with E-state index < -0.39 is 0 Å². The van der Waals surface area contributed by atoms with E-state index in [4.69, 9.17) is 0 Å². The van der Waals surface area contributed by atoms with Gasteiger partial charge in [0.25, 0.3) is 0 Å². The minimum atomic E-state index is 0.605. The van der Waals surface area contributed by atoms with Gasteiger partial charge in [-0.25, -0.2) is 9.97 Å². The van der Waals surface area contributed by atoms with Gasteiger partial charge in [0.15, 0.2) is 0 Å². The lowest BCUT2D eigenvalue weighted by Crippen LogP contribution is -2.04. The Labute approximate surface area is 96.1 Å². The zero-order valence-corrected chi connectivity index (χ0v) is 10.7. The number of nitrogens with one attached hydrogen (secondary N) is 1. The van der Waals surface area contributed by atoms with Crippen LogP contribution in [-0.4, -0.2) is 21.8 Å². The molecule has 0 amide bonds. The van der Waals surface area contributed by atoms with Crippen molar-refractivity contribution in [3.05, 3.63) is 11.9 Å². The Morgan fingerprint density at radius 2 is 2.13 bits per heavy atom. The lowest BCUT2D eigenvalue weighted by atomic mass is 10.3. The van der Waals surface area contributed by atoms with E-state index in [1.807, 2.05) is 11.8 Å². The van der Waals surface area contributed by atoms with Gasteiger partial charge in [0.05, 0.1) is 0 Å². The molecule has 0 radical (unpaired) electrons. The van der Waals surface area contributed by atoms with E-state index in [1.165, 1.54) is 0 Å². The minimum absolute atomic E-state index is 0.605. The number of hydrogen-bond donors (Lipinski definition) is 1. The van der Waals surface area contributed by atoms with Gasteiger partial charge in [0.2, 0.25) is 0 Å². The number of anilines is 1. The lowest BCUT2D eigenvalue weighted by Gasteiger charge is -2.12. The van der Waals surface area contributed by atoms with Gasteiger partial charge in [0.1, 0.15) is 17.2 Å². The molecule has 1 atom stereocenters. The van der Waals surface area contributed by atoms with Crippen LogP contribution in [0.3, 0.4) is 0 Å². The van der Waals surface area contributed by atoms with Crippen LogP contribution in [0.2, 0.25) is 0 Å². The van der Waals surface area contributed by atoms with Crippen LogP contribution in [0.5, 0.6) is 0 Å². The summed E-state index contributed by atoms with van der Waals surface area (Å²) in [5.41, 5.74) is 1.16. The molecule has 0 aliphatic heterocycles. The molecule has 3 nitrogen and oxygen atoms in total. The highest BCUT2D eigenvalue weighted by molar-refractivity contribution is 7.99. The van der Waals surface area contributed by atoms with E-state index in [1.54, 1.807) is 6.33 Å². The molecule has 15 heavy (non-hydrogen) atoms. The summed E-state index contributed by atoms with van der Waals surface area (Å²) in [7, 11) is 0. The smallest absolute Gasteiger partial charge is 0.133 e. The van der Waals surface area contributed by atoms with Crippen LogP contribution in [-0.2, 0) is 0 Å². The molecule has 84 valence electrons. The quantitative estimate of drug-likeness (QED) is 0.617. The number of aromatic nitrogens is 2. The molecule has 0 saturated carbocycles. The van der Waals surface area contributed by atoms with Gasteiger partial charge in [-0.3, -0.25) is 0 Å².